The van der Waals surface area contributed by atoms with Crippen LogP contribution in [0.3, 0.4) is 0 Å². The van der Waals surface area contributed by atoms with Gasteiger partial charge in [0, 0.05) is 45.4 Å². The van der Waals surface area contributed by atoms with Crippen molar-refractivity contribution in [2.24, 2.45) is 0 Å². The fourth-order valence-corrected chi connectivity index (χ4v) is 12.0. The Balaban J connectivity index is 1.20. The van der Waals surface area contributed by atoms with Crippen LogP contribution in [-0.4, -0.2) is 16.1 Å². The molecule has 10 aromatic carbocycles. The highest BCUT2D eigenvalue weighted by Gasteiger charge is 2.27. The van der Waals surface area contributed by atoms with Crippen LogP contribution in [0.2, 0.25) is 39.3 Å². The van der Waals surface area contributed by atoms with E-state index in [4.69, 9.17) is 0 Å². The van der Waals surface area contributed by atoms with Crippen molar-refractivity contribution in [1.82, 2.24) is 0 Å². The lowest BCUT2D eigenvalue weighted by Gasteiger charge is -2.30. The van der Waals surface area contributed by atoms with Crippen molar-refractivity contribution in [2.75, 3.05) is 9.80 Å². The van der Waals surface area contributed by atoms with Gasteiger partial charge in [-0.2, -0.15) is 0 Å². The van der Waals surface area contributed by atoms with Gasteiger partial charge in [0.25, 0.3) is 0 Å². The minimum Gasteiger partial charge on any atom is -0.307 e. The van der Waals surface area contributed by atoms with E-state index in [0.717, 1.165) is 43.4 Å². The summed E-state index contributed by atoms with van der Waals surface area (Å²) in [5, 5.41) is 7.84. The summed E-state index contributed by atoms with van der Waals surface area (Å²) in [6.07, 6.45) is 0. The summed E-state index contributed by atoms with van der Waals surface area (Å²) >= 11 is 0. The first-order chi connectivity index (χ1) is 32.4. The summed E-state index contributed by atoms with van der Waals surface area (Å²) in [6.45, 7) is 17.5. The van der Waals surface area contributed by atoms with E-state index in [0.29, 0.717) is 33.9 Å². The normalized spacial score (nSPS) is 12.1. The molecule has 10 aromatic rings. The standard InChI is InChI=1S/C60H52F4N2Si2/c1-37-11-9-13-41(31-37)49-33-53(63)57(35-51(49)61)65(43-19-23-45(24-20-43)67(3,4)5)55-29-17-39-16-28-48-56(30-18-40-15-27-47(55)59(39)60(40)48)66(44-21-25-46(26-22-44)68(6,7)8)58-36-52(62)50(34-54(58)64)42-14-10-12-38(2)32-42/h9-36H,1-8H3. The highest BCUT2D eigenvalue weighted by atomic mass is 28.3. The molecule has 0 aliphatic heterocycles. The molecule has 0 spiro atoms. The highest BCUT2D eigenvalue weighted by Crippen LogP contribution is 2.49. The maximum atomic E-state index is 17.0. The van der Waals surface area contributed by atoms with Crippen molar-refractivity contribution >= 4 is 93.0 Å². The van der Waals surface area contributed by atoms with Crippen LogP contribution >= 0.6 is 0 Å². The molecule has 0 unspecified atom stereocenters. The van der Waals surface area contributed by atoms with Gasteiger partial charge in [-0.15, -0.1) is 0 Å². The summed E-state index contributed by atoms with van der Waals surface area (Å²) in [4.78, 5) is 3.64. The first-order valence-corrected chi connectivity index (χ1v) is 30.1. The molecule has 8 heteroatoms. The molecule has 68 heavy (non-hydrogen) atoms. The molecule has 0 N–H and O–H groups in total. The predicted molar refractivity (Wildman–Crippen MR) is 286 cm³/mol. The predicted octanol–water partition coefficient (Wildman–Crippen LogP) is 17.1. The monoisotopic (exact) mass is 932 g/mol. The zero-order valence-electron chi connectivity index (χ0n) is 39.6. The number of anilines is 6. The number of hydrogen-bond donors (Lipinski definition) is 0. The van der Waals surface area contributed by atoms with E-state index in [1.54, 1.807) is 12.1 Å². The first kappa shape index (κ1) is 44.8. The number of aryl methyl sites for hydroxylation is 2. The van der Waals surface area contributed by atoms with Gasteiger partial charge in [0.05, 0.1) is 38.9 Å². The van der Waals surface area contributed by atoms with E-state index >= 15 is 17.6 Å². The number of rotatable bonds is 10. The summed E-state index contributed by atoms with van der Waals surface area (Å²) < 4.78 is 67.0. The quantitative estimate of drug-likeness (QED) is 0.0766. The Labute approximate surface area is 398 Å². The van der Waals surface area contributed by atoms with Crippen molar-refractivity contribution in [3.63, 3.8) is 0 Å². The van der Waals surface area contributed by atoms with Gasteiger partial charge in [-0.25, -0.2) is 17.6 Å². The van der Waals surface area contributed by atoms with Crippen molar-refractivity contribution in [1.29, 1.82) is 0 Å². The molecule has 0 fully saturated rings. The molecule has 0 aliphatic rings. The van der Waals surface area contributed by atoms with Crippen LogP contribution < -0.4 is 20.2 Å². The maximum Gasteiger partial charge on any atom is 0.148 e. The van der Waals surface area contributed by atoms with Crippen molar-refractivity contribution < 1.29 is 17.6 Å². The largest absolute Gasteiger partial charge is 0.307 e. The van der Waals surface area contributed by atoms with Gasteiger partial charge in [-0.1, -0.05) is 170 Å². The Morgan fingerprint density at radius 3 is 1.07 bits per heavy atom. The maximum absolute atomic E-state index is 17.0. The molecule has 0 saturated heterocycles. The number of nitrogens with zero attached hydrogens (tertiary/aromatic N) is 2. The highest BCUT2D eigenvalue weighted by molar-refractivity contribution is 6.89. The van der Waals surface area contributed by atoms with Crippen LogP contribution in [0, 0.1) is 37.1 Å². The molecular weight excluding hydrogens is 881 g/mol. The number of benzene rings is 10. The van der Waals surface area contributed by atoms with E-state index in [9.17, 15) is 0 Å². The van der Waals surface area contributed by atoms with E-state index < -0.39 is 39.4 Å². The smallest absolute Gasteiger partial charge is 0.148 e. The molecule has 2 nitrogen and oxygen atoms in total. The van der Waals surface area contributed by atoms with E-state index in [1.807, 2.05) is 133 Å². The second-order valence-corrected chi connectivity index (χ2v) is 30.3. The van der Waals surface area contributed by atoms with Crippen molar-refractivity contribution in [3.05, 3.63) is 204 Å². The van der Waals surface area contributed by atoms with Gasteiger partial charge in [0.2, 0.25) is 0 Å². The van der Waals surface area contributed by atoms with Crippen molar-refractivity contribution in [2.45, 2.75) is 53.1 Å². The van der Waals surface area contributed by atoms with Gasteiger partial charge < -0.3 is 9.80 Å². The molecule has 0 heterocycles. The minimum absolute atomic E-state index is 0.0786. The van der Waals surface area contributed by atoms with Crippen LogP contribution in [0.4, 0.5) is 51.7 Å². The third kappa shape index (κ3) is 8.05. The van der Waals surface area contributed by atoms with E-state index in [2.05, 4.69) is 63.5 Å². The molecule has 0 aliphatic carbocycles. The molecular formula is C60H52F4N2Si2. The van der Waals surface area contributed by atoms with Gasteiger partial charge in [0.15, 0.2) is 0 Å². The third-order valence-corrected chi connectivity index (χ3v) is 17.4. The summed E-state index contributed by atoms with van der Waals surface area (Å²) in [5.41, 5.74) is 6.33. The fourth-order valence-electron chi connectivity index (χ4n) is 9.68. The van der Waals surface area contributed by atoms with Crippen LogP contribution in [0.25, 0.3) is 54.6 Å². The average Bonchev–Trinajstić information content (AvgIpc) is 3.30. The van der Waals surface area contributed by atoms with Crippen LogP contribution in [0.15, 0.2) is 170 Å². The SMILES string of the molecule is Cc1cccc(-c2cc(F)c(N(c3ccc([Si](C)(C)C)cc3)c3ccc4ccc5c(N(c6ccc([Si](C)(C)C)cc6)c6cc(F)c(-c7cccc(C)c7)cc6F)ccc6ccc3c4c65)cc2F)c1. The lowest BCUT2D eigenvalue weighted by Crippen LogP contribution is -2.37. The van der Waals surface area contributed by atoms with Gasteiger partial charge in [-0.3, -0.25) is 0 Å². The van der Waals surface area contributed by atoms with Gasteiger partial charge in [-0.05, 0) is 95.1 Å². The zero-order chi connectivity index (χ0) is 47.8. The fraction of sp³-hybridized carbons (Fsp3) is 0.133. The third-order valence-electron chi connectivity index (χ3n) is 13.3. The number of halogens is 4. The first-order valence-electron chi connectivity index (χ1n) is 23.1. The Morgan fingerprint density at radius 2 is 0.721 bits per heavy atom. The summed E-state index contributed by atoms with van der Waals surface area (Å²) in [7, 11) is -3.42. The van der Waals surface area contributed by atoms with Crippen molar-refractivity contribution in [3.8, 4) is 22.3 Å². The number of hydrogen-bond acceptors (Lipinski definition) is 2. The Hall–Kier alpha value is -7.01. The average molecular weight is 933 g/mol. The summed E-state index contributed by atoms with van der Waals surface area (Å²) in [5.74, 6) is -2.20. The van der Waals surface area contributed by atoms with Crippen LogP contribution in [-0.2, 0) is 0 Å². The van der Waals surface area contributed by atoms with Crippen LogP contribution in [0.1, 0.15) is 11.1 Å². The molecule has 0 amide bonds. The lowest BCUT2D eigenvalue weighted by molar-refractivity contribution is 0.604. The topological polar surface area (TPSA) is 6.48 Å². The molecule has 0 atom stereocenters. The second kappa shape index (κ2) is 16.9. The van der Waals surface area contributed by atoms with Gasteiger partial charge in [0.1, 0.15) is 23.3 Å². The zero-order valence-corrected chi connectivity index (χ0v) is 41.6. The Bertz CT molecular complexity index is 3320. The molecule has 0 saturated carbocycles. The second-order valence-electron chi connectivity index (χ2n) is 20.2. The lowest BCUT2D eigenvalue weighted by atomic mass is 9.91. The van der Waals surface area contributed by atoms with Gasteiger partial charge >= 0.3 is 0 Å². The molecule has 0 aromatic heterocycles. The summed E-state index contributed by atoms with van der Waals surface area (Å²) in [6, 6.07) is 52.6. The molecule has 10 rings (SSSR count). The van der Waals surface area contributed by atoms with E-state index in [1.165, 1.54) is 34.6 Å². The van der Waals surface area contributed by atoms with Crippen LogP contribution in [0.5, 0.6) is 0 Å². The molecule has 338 valence electrons. The Morgan fingerprint density at radius 1 is 0.353 bits per heavy atom. The Kier molecular flexibility index (Phi) is 11.2. The van der Waals surface area contributed by atoms with E-state index in [-0.39, 0.29) is 22.5 Å². The molecule has 0 radical (unpaired) electrons. The molecule has 0 bridgehead atoms. The minimum atomic E-state index is -1.71.